The molecule has 2 aliphatic rings. The number of amides is 1. The van der Waals surface area contributed by atoms with Crippen LogP contribution in [0.15, 0.2) is 85.1 Å². The third-order valence-corrected chi connectivity index (χ3v) is 8.69. The van der Waals surface area contributed by atoms with E-state index in [0.29, 0.717) is 28.6 Å². The molecule has 8 heteroatoms. The fraction of sp³-hybridized carbons (Fsp3) is 0.303. The molecule has 0 radical (unpaired) electrons. The quantitative estimate of drug-likeness (QED) is 0.286. The van der Waals surface area contributed by atoms with Crippen molar-refractivity contribution in [2.24, 2.45) is 0 Å². The first-order valence-electron chi connectivity index (χ1n) is 14.2. The highest BCUT2D eigenvalue weighted by Gasteiger charge is 2.34. The van der Waals surface area contributed by atoms with Gasteiger partial charge in [0.05, 0.1) is 28.7 Å². The van der Waals surface area contributed by atoms with Gasteiger partial charge in [-0.25, -0.2) is 9.48 Å². The minimum atomic E-state index is -0.912. The maximum Gasteiger partial charge on any atom is 0.335 e. The van der Waals surface area contributed by atoms with Crippen molar-refractivity contribution in [3.63, 3.8) is 0 Å². The molecule has 0 spiro atoms. The molecule has 2 fully saturated rings. The van der Waals surface area contributed by atoms with Crippen molar-refractivity contribution in [2.45, 2.75) is 37.6 Å². The van der Waals surface area contributed by atoms with Crippen LogP contribution in [0.3, 0.4) is 0 Å². The summed E-state index contributed by atoms with van der Waals surface area (Å²) in [5, 5.41) is 14.6. The lowest BCUT2D eigenvalue weighted by atomic mass is 9.90. The van der Waals surface area contributed by atoms with E-state index in [4.69, 9.17) is 16.7 Å². The average molecular weight is 569 g/mol. The number of likely N-dealkylation sites (tertiary alicyclic amines) is 2. The lowest BCUT2D eigenvalue weighted by Crippen LogP contribution is -2.34. The second-order valence-corrected chi connectivity index (χ2v) is 11.5. The number of carboxylic acids is 1. The predicted molar refractivity (Wildman–Crippen MR) is 159 cm³/mol. The van der Waals surface area contributed by atoms with Crippen molar-refractivity contribution in [1.82, 2.24) is 19.6 Å². The molecule has 3 aromatic carbocycles. The van der Waals surface area contributed by atoms with E-state index in [1.807, 2.05) is 52.0 Å². The van der Waals surface area contributed by atoms with E-state index in [0.717, 1.165) is 62.4 Å². The Labute approximate surface area is 245 Å². The Kier molecular flexibility index (Phi) is 7.90. The summed E-state index contributed by atoms with van der Waals surface area (Å²) in [6.07, 6.45) is 4.51. The summed E-state index contributed by atoms with van der Waals surface area (Å²) in [4.78, 5) is 29.5. The molecule has 41 heavy (non-hydrogen) atoms. The van der Waals surface area contributed by atoms with Crippen molar-refractivity contribution < 1.29 is 14.7 Å². The molecular weight excluding hydrogens is 536 g/mol. The van der Waals surface area contributed by atoms with Gasteiger partial charge in [-0.15, -0.1) is 0 Å². The molecule has 2 saturated heterocycles. The highest BCUT2D eigenvalue weighted by Crippen LogP contribution is 2.35. The van der Waals surface area contributed by atoms with Gasteiger partial charge in [0, 0.05) is 36.5 Å². The van der Waals surface area contributed by atoms with E-state index < -0.39 is 5.97 Å². The first kappa shape index (κ1) is 27.2. The largest absolute Gasteiger partial charge is 0.478 e. The summed E-state index contributed by atoms with van der Waals surface area (Å²) < 4.78 is 1.93. The van der Waals surface area contributed by atoms with Gasteiger partial charge < -0.3 is 10.0 Å². The third-order valence-electron chi connectivity index (χ3n) is 8.44. The van der Waals surface area contributed by atoms with Gasteiger partial charge in [0.1, 0.15) is 0 Å². The lowest BCUT2D eigenvalue weighted by Gasteiger charge is -2.33. The van der Waals surface area contributed by atoms with E-state index in [9.17, 15) is 14.7 Å². The number of hydrogen-bond donors (Lipinski definition) is 1. The maximum absolute atomic E-state index is 14.0. The summed E-state index contributed by atoms with van der Waals surface area (Å²) >= 11 is 6.18. The zero-order valence-electron chi connectivity index (χ0n) is 22.8. The number of carboxylic acid groups (broad SMARTS) is 1. The monoisotopic (exact) mass is 568 g/mol. The molecule has 0 aliphatic carbocycles. The third kappa shape index (κ3) is 5.92. The second-order valence-electron chi connectivity index (χ2n) is 11.0. The molecule has 3 heterocycles. The zero-order valence-corrected chi connectivity index (χ0v) is 23.6. The van der Waals surface area contributed by atoms with E-state index >= 15 is 0 Å². The van der Waals surface area contributed by atoms with E-state index in [1.54, 1.807) is 18.3 Å². The number of rotatable bonds is 7. The minimum Gasteiger partial charge on any atom is -0.478 e. The Hall–Kier alpha value is -3.94. The zero-order chi connectivity index (χ0) is 28.3. The van der Waals surface area contributed by atoms with Crippen LogP contribution in [0, 0.1) is 0 Å². The van der Waals surface area contributed by atoms with Crippen LogP contribution in [-0.2, 0) is 6.54 Å². The van der Waals surface area contributed by atoms with E-state index in [-0.39, 0.29) is 11.8 Å². The number of nitrogens with zero attached hydrogens (tertiary/aromatic N) is 4. The molecule has 1 N–H and O–H groups in total. The number of aromatic carboxylic acids is 1. The molecule has 4 aromatic rings. The highest BCUT2D eigenvalue weighted by atomic mass is 35.5. The second kappa shape index (κ2) is 11.9. The smallest absolute Gasteiger partial charge is 0.335 e. The van der Waals surface area contributed by atoms with Crippen LogP contribution in [0.2, 0.25) is 5.02 Å². The number of carbonyl (C=O) groups excluding carboxylic acids is 1. The van der Waals surface area contributed by atoms with E-state index in [1.165, 1.54) is 5.56 Å². The Morgan fingerprint density at radius 2 is 1.54 bits per heavy atom. The van der Waals surface area contributed by atoms with Gasteiger partial charge in [-0.2, -0.15) is 5.10 Å². The maximum atomic E-state index is 14.0. The SMILES string of the molecule is O=C(O)c1ccc(CN2CCC(c3c(C(=O)N4CC[C@H](c5ccccc5)C4)cnn3-c3ccc(Cl)cc3)CC2)cc1. The van der Waals surface area contributed by atoms with Gasteiger partial charge in [-0.3, -0.25) is 9.69 Å². The minimum absolute atomic E-state index is 0.0552. The molecule has 7 nitrogen and oxygen atoms in total. The van der Waals surface area contributed by atoms with E-state index in [2.05, 4.69) is 29.2 Å². The number of piperidine rings is 1. The number of aromatic nitrogens is 2. The Balaban J connectivity index is 1.21. The van der Waals surface area contributed by atoms with Crippen LogP contribution in [0.5, 0.6) is 0 Å². The summed E-state index contributed by atoms with van der Waals surface area (Å²) in [5.74, 6) is -0.322. The number of benzene rings is 3. The molecule has 6 rings (SSSR count). The van der Waals surface area contributed by atoms with Crippen LogP contribution in [-0.4, -0.2) is 62.7 Å². The van der Waals surface area contributed by atoms with Crippen molar-refractivity contribution in [3.05, 3.63) is 118 Å². The molecular formula is C33H33ClN4O3. The van der Waals surface area contributed by atoms with Crippen LogP contribution in [0.25, 0.3) is 5.69 Å². The number of hydrogen-bond acceptors (Lipinski definition) is 4. The van der Waals surface area contributed by atoms with Crippen molar-refractivity contribution in [2.75, 3.05) is 26.2 Å². The van der Waals surface area contributed by atoms with Gasteiger partial charge in [0.15, 0.2) is 0 Å². The van der Waals surface area contributed by atoms with Crippen LogP contribution < -0.4 is 0 Å². The molecule has 1 amide bonds. The van der Waals surface area contributed by atoms with Gasteiger partial charge in [-0.05, 0) is 79.9 Å². The molecule has 2 aliphatic heterocycles. The number of carbonyl (C=O) groups is 2. The molecule has 210 valence electrons. The van der Waals surface area contributed by atoms with Crippen molar-refractivity contribution in [3.8, 4) is 5.69 Å². The standard InChI is InChI=1S/C33H33ClN4O3/c34-28-10-12-29(13-11-28)38-31(25-14-17-36(18-15-25)21-23-6-8-26(9-7-23)33(40)41)30(20-35-38)32(39)37-19-16-27(22-37)24-4-2-1-3-5-24/h1-13,20,25,27H,14-19,21-22H2,(H,40,41)/t27-/m0/s1. The summed E-state index contributed by atoms with van der Waals surface area (Å²) in [7, 11) is 0. The van der Waals surface area contributed by atoms with Gasteiger partial charge in [0.25, 0.3) is 5.91 Å². The summed E-state index contributed by atoms with van der Waals surface area (Å²) in [6.45, 7) is 3.98. The molecule has 1 aromatic heterocycles. The molecule has 0 bridgehead atoms. The number of halogens is 1. The van der Waals surface area contributed by atoms with Crippen molar-refractivity contribution in [1.29, 1.82) is 0 Å². The molecule has 1 atom stereocenters. The normalized spacial score (nSPS) is 18.1. The Bertz CT molecular complexity index is 1510. The summed E-state index contributed by atoms with van der Waals surface area (Å²) in [5.41, 5.74) is 5.24. The Morgan fingerprint density at radius 3 is 2.22 bits per heavy atom. The highest BCUT2D eigenvalue weighted by molar-refractivity contribution is 6.30. The first-order chi connectivity index (χ1) is 20.0. The van der Waals surface area contributed by atoms with Gasteiger partial charge in [0.2, 0.25) is 0 Å². The van der Waals surface area contributed by atoms with Crippen molar-refractivity contribution >= 4 is 23.5 Å². The lowest BCUT2D eigenvalue weighted by molar-refractivity contribution is 0.0696. The van der Waals surface area contributed by atoms with Crippen LogP contribution in [0.4, 0.5) is 0 Å². The predicted octanol–water partition coefficient (Wildman–Crippen LogP) is 6.23. The fourth-order valence-corrected chi connectivity index (χ4v) is 6.32. The first-order valence-corrected chi connectivity index (χ1v) is 14.6. The topological polar surface area (TPSA) is 78.7 Å². The summed E-state index contributed by atoms with van der Waals surface area (Å²) in [6, 6.07) is 25.2. The van der Waals surface area contributed by atoms with Gasteiger partial charge >= 0.3 is 5.97 Å². The molecule has 0 unspecified atom stereocenters. The van der Waals surface area contributed by atoms with Gasteiger partial charge in [-0.1, -0.05) is 54.1 Å². The van der Waals surface area contributed by atoms with Crippen LogP contribution in [0.1, 0.15) is 68.6 Å². The van der Waals surface area contributed by atoms with Crippen LogP contribution >= 0.6 is 11.6 Å². The molecule has 0 saturated carbocycles. The Morgan fingerprint density at radius 1 is 0.854 bits per heavy atom. The fourth-order valence-electron chi connectivity index (χ4n) is 6.19. The average Bonchev–Trinajstić information content (AvgIpc) is 3.67.